The van der Waals surface area contributed by atoms with E-state index in [0.29, 0.717) is 11.3 Å². The summed E-state index contributed by atoms with van der Waals surface area (Å²) in [6, 6.07) is 19.0. The van der Waals surface area contributed by atoms with Crippen LogP contribution in [0.15, 0.2) is 65.6 Å². The van der Waals surface area contributed by atoms with E-state index < -0.39 is 9.84 Å². The highest BCUT2D eigenvalue weighted by molar-refractivity contribution is 7.91. The molecule has 0 aromatic heterocycles. The standard InChI is InChI=1S/C18H23NO2S.ClH/c1-19(15-13-17-9-4-2-5-10-17)14-8-16-22(20,21)18-11-6-3-7-12-18;/h2-7,9-12H,8,13-16H2,1H3;1H. The average Bonchev–Trinajstić information content (AvgIpc) is 2.54. The zero-order valence-corrected chi connectivity index (χ0v) is 15.0. The lowest BCUT2D eigenvalue weighted by molar-refractivity contribution is 0.339. The van der Waals surface area contributed by atoms with E-state index in [1.807, 2.05) is 31.3 Å². The highest BCUT2D eigenvalue weighted by Gasteiger charge is 2.13. The minimum absolute atomic E-state index is 0. The molecule has 0 saturated carbocycles. The predicted octanol–water partition coefficient (Wildman–Crippen LogP) is 3.45. The van der Waals surface area contributed by atoms with Crippen molar-refractivity contribution in [3.63, 3.8) is 0 Å². The van der Waals surface area contributed by atoms with Gasteiger partial charge in [0.05, 0.1) is 10.6 Å². The molecule has 0 bridgehead atoms. The molecule has 23 heavy (non-hydrogen) atoms. The molecule has 0 aliphatic carbocycles. The van der Waals surface area contributed by atoms with Crippen LogP contribution in [0.3, 0.4) is 0 Å². The topological polar surface area (TPSA) is 37.4 Å². The lowest BCUT2D eigenvalue weighted by atomic mass is 10.1. The molecule has 126 valence electrons. The van der Waals surface area contributed by atoms with Gasteiger partial charge in [-0.25, -0.2) is 8.42 Å². The van der Waals surface area contributed by atoms with Crippen LogP contribution >= 0.6 is 12.4 Å². The third kappa shape index (κ3) is 6.73. The number of sulfone groups is 1. The van der Waals surface area contributed by atoms with Crippen LogP contribution in [0.4, 0.5) is 0 Å². The van der Waals surface area contributed by atoms with Crippen LogP contribution in [-0.2, 0) is 16.3 Å². The molecule has 0 amide bonds. The van der Waals surface area contributed by atoms with Crippen molar-refractivity contribution in [2.75, 3.05) is 25.9 Å². The summed E-state index contributed by atoms with van der Waals surface area (Å²) in [7, 11) is -1.11. The van der Waals surface area contributed by atoms with Crippen LogP contribution < -0.4 is 0 Å². The lowest BCUT2D eigenvalue weighted by Gasteiger charge is -2.16. The summed E-state index contributed by atoms with van der Waals surface area (Å²) in [5, 5.41) is 0. The number of hydrogen-bond acceptors (Lipinski definition) is 3. The van der Waals surface area contributed by atoms with E-state index >= 15 is 0 Å². The molecule has 0 fully saturated rings. The van der Waals surface area contributed by atoms with Gasteiger partial charge in [0.1, 0.15) is 0 Å². The number of nitrogens with zero attached hydrogens (tertiary/aromatic N) is 1. The number of likely N-dealkylation sites (N-methyl/N-ethyl adjacent to an activating group) is 1. The van der Waals surface area contributed by atoms with E-state index in [1.54, 1.807) is 24.3 Å². The van der Waals surface area contributed by atoms with Gasteiger partial charge in [0, 0.05) is 6.54 Å². The fraction of sp³-hybridized carbons (Fsp3) is 0.333. The summed E-state index contributed by atoms with van der Waals surface area (Å²) in [5.74, 6) is 0.201. The molecule has 0 aliphatic heterocycles. The minimum atomic E-state index is -3.15. The van der Waals surface area contributed by atoms with Gasteiger partial charge < -0.3 is 4.90 Å². The van der Waals surface area contributed by atoms with Crippen molar-refractivity contribution in [1.82, 2.24) is 4.90 Å². The maximum absolute atomic E-state index is 12.2. The SMILES string of the molecule is CN(CCCS(=O)(=O)c1ccccc1)CCc1ccccc1.Cl. The molecule has 2 aromatic carbocycles. The van der Waals surface area contributed by atoms with Gasteiger partial charge in [0.2, 0.25) is 0 Å². The Bertz CT molecular complexity index is 660. The molecule has 0 radical (unpaired) electrons. The van der Waals surface area contributed by atoms with Gasteiger partial charge in [-0.2, -0.15) is 0 Å². The summed E-state index contributed by atoms with van der Waals surface area (Å²) in [5.41, 5.74) is 1.31. The maximum Gasteiger partial charge on any atom is 0.178 e. The number of benzene rings is 2. The first-order valence-corrected chi connectivity index (χ1v) is 9.23. The highest BCUT2D eigenvalue weighted by atomic mass is 35.5. The fourth-order valence-electron chi connectivity index (χ4n) is 2.35. The Kier molecular flexibility index (Phi) is 8.31. The molecule has 0 heterocycles. The zero-order chi connectivity index (χ0) is 15.8. The first kappa shape index (κ1) is 19.7. The Morgan fingerprint density at radius 2 is 1.43 bits per heavy atom. The Hall–Kier alpha value is -1.36. The van der Waals surface area contributed by atoms with E-state index in [4.69, 9.17) is 0 Å². The van der Waals surface area contributed by atoms with Gasteiger partial charge in [-0.15, -0.1) is 12.4 Å². The molecule has 0 unspecified atom stereocenters. The van der Waals surface area contributed by atoms with Crippen molar-refractivity contribution in [3.05, 3.63) is 66.2 Å². The molecule has 0 spiro atoms. The van der Waals surface area contributed by atoms with Crippen LogP contribution in [0, 0.1) is 0 Å². The molecule has 0 saturated heterocycles. The molecule has 2 aromatic rings. The third-order valence-electron chi connectivity index (χ3n) is 3.68. The summed E-state index contributed by atoms with van der Waals surface area (Å²) in [6.45, 7) is 1.73. The van der Waals surface area contributed by atoms with Gasteiger partial charge in [0.15, 0.2) is 9.84 Å². The molecular weight excluding hydrogens is 330 g/mol. The Balaban J connectivity index is 0.00000264. The fourth-order valence-corrected chi connectivity index (χ4v) is 3.66. The monoisotopic (exact) mass is 353 g/mol. The second-order valence-electron chi connectivity index (χ2n) is 5.52. The van der Waals surface area contributed by atoms with E-state index in [1.165, 1.54) is 5.56 Å². The van der Waals surface area contributed by atoms with Crippen molar-refractivity contribution < 1.29 is 8.42 Å². The number of hydrogen-bond donors (Lipinski definition) is 0. The van der Waals surface area contributed by atoms with Crippen LogP contribution in [-0.4, -0.2) is 39.2 Å². The van der Waals surface area contributed by atoms with Crippen molar-refractivity contribution in [1.29, 1.82) is 0 Å². The first-order chi connectivity index (χ1) is 10.6. The minimum Gasteiger partial charge on any atom is -0.306 e. The van der Waals surface area contributed by atoms with Gasteiger partial charge in [-0.3, -0.25) is 0 Å². The Labute approximate surface area is 145 Å². The molecule has 2 rings (SSSR count). The molecule has 0 aliphatic rings. The molecule has 0 atom stereocenters. The number of halogens is 1. The van der Waals surface area contributed by atoms with Gasteiger partial charge >= 0.3 is 0 Å². The predicted molar refractivity (Wildman–Crippen MR) is 98.0 cm³/mol. The Morgan fingerprint density at radius 3 is 2.04 bits per heavy atom. The van der Waals surface area contributed by atoms with Crippen molar-refractivity contribution in [3.8, 4) is 0 Å². The van der Waals surface area contributed by atoms with E-state index in [0.717, 1.165) is 19.5 Å². The zero-order valence-electron chi connectivity index (χ0n) is 13.4. The average molecular weight is 354 g/mol. The normalized spacial score (nSPS) is 11.2. The van der Waals surface area contributed by atoms with Crippen LogP contribution in [0.2, 0.25) is 0 Å². The second kappa shape index (κ2) is 9.71. The van der Waals surface area contributed by atoms with Gasteiger partial charge in [-0.1, -0.05) is 48.5 Å². The van der Waals surface area contributed by atoms with Crippen LogP contribution in [0.5, 0.6) is 0 Å². The summed E-state index contributed by atoms with van der Waals surface area (Å²) in [6.07, 6.45) is 1.64. The van der Waals surface area contributed by atoms with E-state index in [-0.39, 0.29) is 18.2 Å². The van der Waals surface area contributed by atoms with Crippen molar-refractivity contribution in [2.45, 2.75) is 17.7 Å². The lowest BCUT2D eigenvalue weighted by Crippen LogP contribution is -2.24. The summed E-state index contributed by atoms with van der Waals surface area (Å²) < 4.78 is 24.3. The van der Waals surface area contributed by atoms with Crippen LogP contribution in [0.1, 0.15) is 12.0 Å². The quantitative estimate of drug-likeness (QED) is 0.729. The van der Waals surface area contributed by atoms with Gasteiger partial charge in [-0.05, 0) is 44.1 Å². The van der Waals surface area contributed by atoms with E-state index in [9.17, 15) is 8.42 Å². The molecular formula is C18H24ClNO2S. The Morgan fingerprint density at radius 1 is 0.870 bits per heavy atom. The third-order valence-corrected chi connectivity index (χ3v) is 5.50. The second-order valence-corrected chi connectivity index (χ2v) is 7.63. The van der Waals surface area contributed by atoms with Crippen molar-refractivity contribution >= 4 is 22.2 Å². The summed E-state index contributed by atoms with van der Waals surface area (Å²) >= 11 is 0. The van der Waals surface area contributed by atoms with E-state index in [2.05, 4.69) is 17.0 Å². The summed E-state index contributed by atoms with van der Waals surface area (Å²) in [4.78, 5) is 2.61. The first-order valence-electron chi connectivity index (χ1n) is 7.58. The molecule has 0 N–H and O–H groups in total. The smallest absolute Gasteiger partial charge is 0.178 e. The molecule has 5 heteroatoms. The van der Waals surface area contributed by atoms with Crippen LogP contribution in [0.25, 0.3) is 0 Å². The highest BCUT2D eigenvalue weighted by Crippen LogP contribution is 2.11. The largest absolute Gasteiger partial charge is 0.306 e. The number of rotatable bonds is 8. The maximum atomic E-state index is 12.2. The van der Waals surface area contributed by atoms with Gasteiger partial charge in [0.25, 0.3) is 0 Å². The molecule has 3 nitrogen and oxygen atoms in total. The van der Waals surface area contributed by atoms with Crippen molar-refractivity contribution in [2.24, 2.45) is 0 Å².